The molecule has 11 heteroatoms. The number of rotatable bonds is 11. The van der Waals surface area contributed by atoms with E-state index in [2.05, 4.69) is 10.2 Å². The van der Waals surface area contributed by atoms with Gasteiger partial charge in [0.05, 0.1) is 21.7 Å². The molecule has 1 atom stereocenters. The summed E-state index contributed by atoms with van der Waals surface area (Å²) in [5.41, 5.74) is -0.598. The predicted octanol–water partition coefficient (Wildman–Crippen LogP) is 6.20. The minimum atomic E-state index is -4.73. The number of pyridine rings is 1. The molecule has 43 heavy (non-hydrogen) atoms. The van der Waals surface area contributed by atoms with Crippen molar-refractivity contribution in [3.05, 3.63) is 91.9 Å². The Balaban J connectivity index is 0.00000645. The maximum absolute atomic E-state index is 13.8. The number of esters is 1. The quantitative estimate of drug-likeness (QED) is 0.258. The minimum Gasteiger partial charge on any atom is -0.463 e. The van der Waals surface area contributed by atoms with Crippen LogP contribution in [0.1, 0.15) is 54.0 Å². The molecule has 2 aromatic carbocycles. The second kappa shape index (κ2) is 15.2. The van der Waals surface area contributed by atoms with E-state index < -0.39 is 40.8 Å². The van der Waals surface area contributed by atoms with Gasteiger partial charge in [-0.2, -0.15) is 13.2 Å². The number of alkyl halides is 3. The van der Waals surface area contributed by atoms with Gasteiger partial charge >= 0.3 is 12.1 Å². The van der Waals surface area contributed by atoms with E-state index in [1.54, 1.807) is 25.1 Å². The molecule has 1 heterocycles. The number of halogens is 4. The van der Waals surface area contributed by atoms with Crippen molar-refractivity contribution >= 4 is 23.5 Å². The van der Waals surface area contributed by atoms with Crippen molar-refractivity contribution in [1.82, 2.24) is 14.8 Å². The van der Waals surface area contributed by atoms with Crippen LogP contribution in [0.3, 0.4) is 0 Å². The Labute approximate surface area is 255 Å². The molecule has 0 bridgehead atoms. The third kappa shape index (κ3) is 8.70. The number of hydrogen-bond donors (Lipinski definition) is 1. The SMILES string of the molecule is C.CCN(CC)CCOC(=O)C(Cc1ccc(-c2c(C(F)(F)F)cc(C)n(C)c2=O)cc1)NC(=O)c1c(C)cccc1Cl. The number of carbonyl (C=O) groups is 2. The second-order valence-corrected chi connectivity index (χ2v) is 10.4. The fourth-order valence-electron chi connectivity index (χ4n) is 4.63. The molecular weight excluding hydrogens is 583 g/mol. The van der Waals surface area contributed by atoms with Crippen LogP contribution in [-0.2, 0) is 29.2 Å². The van der Waals surface area contributed by atoms with Gasteiger partial charge in [0.25, 0.3) is 11.5 Å². The average molecular weight is 622 g/mol. The lowest BCUT2D eigenvalue weighted by molar-refractivity contribution is -0.146. The van der Waals surface area contributed by atoms with Crippen molar-refractivity contribution in [3.8, 4) is 11.1 Å². The van der Waals surface area contributed by atoms with Crippen LogP contribution in [0.5, 0.6) is 0 Å². The molecule has 0 aliphatic heterocycles. The summed E-state index contributed by atoms with van der Waals surface area (Å²) >= 11 is 6.26. The predicted molar refractivity (Wildman–Crippen MR) is 163 cm³/mol. The number of carbonyl (C=O) groups excluding carboxylic acids is 2. The molecule has 3 aromatic rings. The summed E-state index contributed by atoms with van der Waals surface area (Å²) in [5, 5.41) is 2.94. The van der Waals surface area contributed by atoms with Gasteiger partial charge in [-0.25, -0.2) is 4.79 Å². The molecule has 1 unspecified atom stereocenters. The number of amides is 1. The molecule has 7 nitrogen and oxygen atoms in total. The Bertz CT molecular complexity index is 1460. The first-order chi connectivity index (χ1) is 19.8. The van der Waals surface area contributed by atoms with E-state index >= 15 is 0 Å². The van der Waals surface area contributed by atoms with Gasteiger partial charge in [-0.05, 0) is 55.8 Å². The van der Waals surface area contributed by atoms with Gasteiger partial charge in [-0.15, -0.1) is 0 Å². The lowest BCUT2D eigenvalue weighted by atomic mass is 9.97. The Morgan fingerprint density at radius 2 is 1.70 bits per heavy atom. The molecule has 1 N–H and O–H groups in total. The summed E-state index contributed by atoms with van der Waals surface area (Å²) < 4.78 is 48.1. The molecule has 0 aliphatic rings. The van der Waals surface area contributed by atoms with Gasteiger partial charge in [0.1, 0.15) is 12.6 Å². The number of aromatic nitrogens is 1. The Morgan fingerprint density at radius 3 is 2.26 bits per heavy atom. The van der Waals surface area contributed by atoms with Crippen LogP contribution < -0.4 is 10.9 Å². The van der Waals surface area contributed by atoms with E-state index in [1.807, 2.05) is 13.8 Å². The van der Waals surface area contributed by atoms with Crippen LogP contribution >= 0.6 is 11.6 Å². The van der Waals surface area contributed by atoms with Crippen molar-refractivity contribution in [3.63, 3.8) is 0 Å². The minimum absolute atomic E-state index is 0. The highest BCUT2D eigenvalue weighted by Gasteiger charge is 2.36. The number of aryl methyl sites for hydroxylation is 2. The third-order valence-corrected chi connectivity index (χ3v) is 7.56. The molecule has 3 rings (SSSR count). The summed E-state index contributed by atoms with van der Waals surface area (Å²) in [4.78, 5) is 41.3. The summed E-state index contributed by atoms with van der Waals surface area (Å²) in [6, 6.07) is 10.7. The topological polar surface area (TPSA) is 80.6 Å². The van der Waals surface area contributed by atoms with Gasteiger partial charge in [0.2, 0.25) is 0 Å². The van der Waals surface area contributed by atoms with Crippen LogP contribution in [0.4, 0.5) is 13.2 Å². The van der Waals surface area contributed by atoms with Gasteiger partial charge < -0.3 is 19.5 Å². The van der Waals surface area contributed by atoms with Crippen molar-refractivity contribution in [2.75, 3.05) is 26.2 Å². The molecule has 234 valence electrons. The van der Waals surface area contributed by atoms with Crippen molar-refractivity contribution < 1.29 is 27.5 Å². The van der Waals surface area contributed by atoms with Gasteiger partial charge in [0.15, 0.2) is 0 Å². The summed E-state index contributed by atoms with van der Waals surface area (Å²) in [5.74, 6) is -1.21. The standard InChI is InChI=1S/C31H35ClF3N3O4.CH4/c1-6-38(7-2)15-16-42-30(41)25(36-28(39)26-19(3)9-8-10-24(26)32)18-21-11-13-22(14-12-21)27-23(31(33,34)35)17-20(4)37(5)29(27)40;/h8-14,17,25H,6-7,15-16,18H2,1-5H3,(H,36,39);1H4. The van der Waals surface area contributed by atoms with E-state index in [4.69, 9.17) is 16.3 Å². The number of likely N-dealkylation sites (N-methyl/N-ethyl adjacent to an activating group) is 1. The number of hydrogen-bond acceptors (Lipinski definition) is 5. The largest absolute Gasteiger partial charge is 0.463 e. The van der Waals surface area contributed by atoms with Crippen LogP contribution in [-0.4, -0.2) is 53.6 Å². The van der Waals surface area contributed by atoms with Crippen LogP contribution in [0.25, 0.3) is 11.1 Å². The van der Waals surface area contributed by atoms with Gasteiger partial charge in [-0.3, -0.25) is 9.59 Å². The highest BCUT2D eigenvalue weighted by Crippen LogP contribution is 2.36. The molecule has 0 saturated carbocycles. The molecule has 0 fully saturated rings. The van der Waals surface area contributed by atoms with E-state index in [9.17, 15) is 27.6 Å². The number of benzene rings is 2. The number of ether oxygens (including phenoxy) is 1. The molecule has 0 saturated heterocycles. The number of nitrogens with zero attached hydrogens (tertiary/aromatic N) is 2. The summed E-state index contributed by atoms with van der Waals surface area (Å²) in [7, 11) is 1.41. The molecule has 1 amide bonds. The second-order valence-electron chi connectivity index (χ2n) is 9.99. The molecule has 0 radical (unpaired) electrons. The van der Waals surface area contributed by atoms with E-state index in [0.29, 0.717) is 17.7 Å². The van der Waals surface area contributed by atoms with Crippen LogP contribution in [0.15, 0.2) is 53.3 Å². The number of nitrogens with one attached hydrogen (secondary N) is 1. The normalized spacial score (nSPS) is 12.0. The fraction of sp³-hybridized carbons (Fsp3) is 0.406. The first kappa shape index (κ1) is 35.6. The molecule has 0 spiro atoms. The summed E-state index contributed by atoms with van der Waals surface area (Å²) in [6.07, 6.45) is -4.73. The zero-order chi connectivity index (χ0) is 31.2. The third-order valence-electron chi connectivity index (χ3n) is 7.24. The lowest BCUT2D eigenvalue weighted by Gasteiger charge is -2.21. The summed E-state index contributed by atoms with van der Waals surface area (Å²) in [6.45, 7) is 9.35. The monoisotopic (exact) mass is 621 g/mol. The zero-order valence-electron chi connectivity index (χ0n) is 24.3. The maximum Gasteiger partial charge on any atom is 0.417 e. The fourth-order valence-corrected chi connectivity index (χ4v) is 4.93. The highest BCUT2D eigenvalue weighted by atomic mass is 35.5. The maximum atomic E-state index is 13.8. The lowest BCUT2D eigenvalue weighted by Crippen LogP contribution is -2.44. The van der Waals surface area contributed by atoms with Gasteiger partial charge in [0, 0.05) is 25.7 Å². The molecule has 0 aliphatic carbocycles. The first-order valence-corrected chi connectivity index (χ1v) is 14.0. The van der Waals surface area contributed by atoms with Gasteiger partial charge in [-0.1, -0.05) is 69.3 Å². The Kier molecular flexibility index (Phi) is 12.6. The van der Waals surface area contributed by atoms with Crippen LogP contribution in [0, 0.1) is 13.8 Å². The molecular formula is C32H39ClF3N3O4. The van der Waals surface area contributed by atoms with Crippen LogP contribution in [0.2, 0.25) is 5.02 Å². The smallest absolute Gasteiger partial charge is 0.417 e. The zero-order valence-corrected chi connectivity index (χ0v) is 25.0. The van der Waals surface area contributed by atoms with E-state index in [1.165, 1.54) is 38.2 Å². The van der Waals surface area contributed by atoms with Crippen molar-refractivity contribution in [2.24, 2.45) is 7.05 Å². The Hall–Kier alpha value is -3.63. The van der Waals surface area contributed by atoms with E-state index in [0.717, 1.165) is 23.7 Å². The highest BCUT2D eigenvalue weighted by molar-refractivity contribution is 6.34. The van der Waals surface area contributed by atoms with Crippen molar-refractivity contribution in [2.45, 2.75) is 53.8 Å². The Morgan fingerprint density at radius 1 is 1.07 bits per heavy atom. The molecule has 1 aromatic heterocycles. The average Bonchev–Trinajstić information content (AvgIpc) is 2.93. The van der Waals surface area contributed by atoms with Crippen molar-refractivity contribution in [1.29, 1.82) is 0 Å². The first-order valence-electron chi connectivity index (χ1n) is 13.6. The van der Waals surface area contributed by atoms with E-state index in [-0.39, 0.29) is 42.3 Å².